The van der Waals surface area contributed by atoms with Gasteiger partial charge < -0.3 is 10.2 Å². The Morgan fingerprint density at radius 1 is 1.56 bits per heavy atom. The zero-order chi connectivity index (χ0) is 13.5. The van der Waals surface area contributed by atoms with Crippen molar-refractivity contribution in [3.8, 4) is 0 Å². The van der Waals surface area contributed by atoms with Crippen molar-refractivity contribution in [1.29, 1.82) is 0 Å². The van der Waals surface area contributed by atoms with E-state index in [0.717, 1.165) is 18.4 Å². The summed E-state index contributed by atoms with van der Waals surface area (Å²) in [6, 6.07) is 4.83. The minimum absolute atomic E-state index is 0.0401. The molecule has 0 saturated heterocycles. The fourth-order valence-electron chi connectivity index (χ4n) is 1.67. The number of nitrogens with one attached hydrogen (secondary N) is 1. The molecule has 0 bridgehead atoms. The molecular formula is C12H19N3O3. The van der Waals surface area contributed by atoms with E-state index < -0.39 is 4.92 Å². The van der Waals surface area contributed by atoms with Gasteiger partial charge >= 0.3 is 0 Å². The average molecular weight is 253 g/mol. The van der Waals surface area contributed by atoms with Gasteiger partial charge in [-0.15, -0.1) is 0 Å². The van der Waals surface area contributed by atoms with Crippen LogP contribution < -0.4 is 11.3 Å². The van der Waals surface area contributed by atoms with E-state index in [1.165, 1.54) is 6.07 Å². The Bertz CT molecular complexity index is 410. The van der Waals surface area contributed by atoms with Crippen LogP contribution in [0.2, 0.25) is 0 Å². The molecule has 0 aromatic heterocycles. The van der Waals surface area contributed by atoms with Crippen molar-refractivity contribution in [3.05, 3.63) is 33.9 Å². The SMILES string of the molecule is CCCC(C)OCc1ccc(NN)c([N+](=O)[O-])c1. The number of ether oxygens (including phenoxy) is 1. The molecule has 3 N–H and O–H groups in total. The zero-order valence-corrected chi connectivity index (χ0v) is 10.7. The second-order valence-electron chi connectivity index (χ2n) is 4.16. The summed E-state index contributed by atoms with van der Waals surface area (Å²) >= 11 is 0. The van der Waals surface area contributed by atoms with Crippen LogP contribution in [-0.2, 0) is 11.3 Å². The third-order valence-corrected chi connectivity index (χ3v) is 2.64. The van der Waals surface area contributed by atoms with Crippen molar-refractivity contribution in [2.75, 3.05) is 5.43 Å². The summed E-state index contributed by atoms with van der Waals surface area (Å²) in [5.74, 6) is 5.21. The van der Waals surface area contributed by atoms with Crippen LogP contribution in [0.3, 0.4) is 0 Å². The normalized spacial score (nSPS) is 12.2. The van der Waals surface area contributed by atoms with Gasteiger partial charge in [0.05, 0.1) is 17.6 Å². The van der Waals surface area contributed by atoms with Crippen molar-refractivity contribution < 1.29 is 9.66 Å². The lowest BCUT2D eigenvalue weighted by molar-refractivity contribution is -0.384. The number of nitrogens with zero attached hydrogens (tertiary/aromatic N) is 1. The van der Waals surface area contributed by atoms with Crippen molar-refractivity contribution in [2.45, 2.75) is 39.4 Å². The maximum atomic E-state index is 10.8. The second-order valence-corrected chi connectivity index (χ2v) is 4.16. The Morgan fingerprint density at radius 2 is 2.28 bits per heavy atom. The predicted octanol–water partition coefficient (Wildman–Crippen LogP) is 2.59. The second kappa shape index (κ2) is 6.93. The van der Waals surface area contributed by atoms with Crippen LogP contribution in [0.5, 0.6) is 0 Å². The molecule has 1 rings (SSSR count). The third-order valence-electron chi connectivity index (χ3n) is 2.64. The lowest BCUT2D eigenvalue weighted by Gasteiger charge is -2.12. The molecule has 6 heteroatoms. The molecule has 18 heavy (non-hydrogen) atoms. The standard InChI is InChI=1S/C12H19N3O3/c1-3-4-9(2)18-8-10-5-6-11(14-13)12(7-10)15(16)17/h5-7,9,14H,3-4,8,13H2,1-2H3. The first-order valence-corrected chi connectivity index (χ1v) is 5.94. The summed E-state index contributed by atoms with van der Waals surface area (Å²) in [5.41, 5.74) is 3.33. The van der Waals surface area contributed by atoms with Gasteiger partial charge in [-0.3, -0.25) is 16.0 Å². The Labute approximate surface area is 106 Å². The highest BCUT2D eigenvalue weighted by Gasteiger charge is 2.14. The first-order chi connectivity index (χ1) is 8.58. The lowest BCUT2D eigenvalue weighted by atomic mass is 10.2. The average Bonchev–Trinajstić information content (AvgIpc) is 2.36. The van der Waals surface area contributed by atoms with Gasteiger partial charge in [-0.2, -0.15) is 0 Å². The van der Waals surface area contributed by atoms with Gasteiger partial charge in [-0.25, -0.2) is 0 Å². The number of hydrogen-bond donors (Lipinski definition) is 2. The van der Waals surface area contributed by atoms with E-state index in [9.17, 15) is 10.1 Å². The molecule has 100 valence electrons. The highest BCUT2D eigenvalue weighted by molar-refractivity contribution is 5.61. The largest absolute Gasteiger partial charge is 0.374 e. The Balaban J connectivity index is 2.73. The molecule has 0 aliphatic rings. The number of hydrazine groups is 1. The Kier molecular flexibility index (Phi) is 5.54. The summed E-state index contributed by atoms with van der Waals surface area (Å²) in [6.07, 6.45) is 2.18. The summed E-state index contributed by atoms with van der Waals surface area (Å²) in [6.45, 7) is 4.45. The summed E-state index contributed by atoms with van der Waals surface area (Å²) in [4.78, 5) is 10.4. The van der Waals surface area contributed by atoms with Crippen LogP contribution in [0.4, 0.5) is 11.4 Å². The highest BCUT2D eigenvalue weighted by Crippen LogP contribution is 2.25. The van der Waals surface area contributed by atoms with Gasteiger partial charge in [-0.1, -0.05) is 19.4 Å². The minimum Gasteiger partial charge on any atom is -0.374 e. The molecule has 0 fully saturated rings. The summed E-state index contributed by atoms with van der Waals surface area (Å²) in [7, 11) is 0. The van der Waals surface area contributed by atoms with E-state index in [1.807, 2.05) is 6.92 Å². The number of nitrogen functional groups attached to an aromatic ring is 1. The van der Waals surface area contributed by atoms with Gasteiger partial charge in [-0.05, 0) is 25.0 Å². The molecule has 0 aliphatic heterocycles. The zero-order valence-electron chi connectivity index (χ0n) is 10.7. The molecule has 0 amide bonds. The predicted molar refractivity (Wildman–Crippen MR) is 70.1 cm³/mol. The fourth-order valence-corrected chi connectivity index (χ4v) is 1.67. The van der Waals surface area contributed by atoms with Crippen molar-refractivity contribution in [2.24, 2.45) is 5.84 Å². The molecule has 1 aromatic rings. The smallest absolute Gasteiger partial charge is 0.294 e. The van der Waals surface area contributed by atoms with Gasteiger partial charge in [0.2, 0.25) is 0 Å². The number of nitro groups is 1. The number of nitrogens with two attached hydrogens (primary N) is 1. The van der Waals surface area contributed by atoms with Gasteiger partial charge in [0.15, 0.2) is 0 Å². The van der Waals surface area contributed by atoms with Crippen molar-refractivity contribution in [1.82, 2.24) is 0 Å². The number of benzene rings is 1. The van der Waals surface area contributed by atoms with Crippen LogP contribution in [0.15, 0.2) is 18.2 Å². The van der Waals surface area contributed by atoms with Gasteiger partial charge in [0, 0.05) is 6.07 Å². The molecule has 0 aliphatic carbocycles. The van der Waals surface area contributed by atoms with Crippen molar-refractivity contribution in [3.63, 3.8) is 0 Å². The number of rotatable bonds is 7. The van der Waals surface area contributed by atoms with Gasteiger partial charge in [0.1, 0.15) is 5.69 Å². The van der Waals surface area contributed by atoms with Gasteiger partial charge in [0.25, 0.3) is 5.69 Å². The van der Waals surface area contributed by atoms with Crippen LogP contribution >= 0.6 is 0 Å². The number of nitro benzene ring substituents is 1. The molecule has 0 saturated carbocycles. The Morgan fingerprint density at radius 3 is 2.83 bits per heavy atom. The molecule has 1 unspecified atom stereocenters. The van der Waals surface area contributed by atoms with E-state index >= 15 is 0 Å². The molecule has 6 nitrogen and oxygen atoms in total. The molecule has 1 aromatic carbocycles. The van der Waals surface area contributed by atoms with Crippen LogP contribution in [0, 0.1) is 10.1 Å². The quantitative estimate of drug-likeness (QED) is 0.443. The Hall–Kier alpha value is -1.66. The molecule has 0 radical (unpaired) electrons. The molecular weight excluding hydrogens is 234 g/mol. The van der Waals surface area contributed by atoms with Crippen LogP contribution in [0.1, 0.15) is 32.3 Å². The number of anilines is 1. The first kappa shape index (κ1) is 14.4. The topological polar surface area (TPSA) is 90.4 Å². The lowest BCUT2D eigenvalue weighted by Crippen LogP contribution is -2.10. The summed E-state index contributed by atoms with van der Waals surface area (Å²) < 4.78 is 5.60. The minimum atomic E-state index is -0.464. The molecule has 0 spiro atoms. The number of hydrogen-bond acceptors (Lipinski definition) is 5. The van der Waals surface area contributed by atoms with Crippen LogP contribution in [-0.4, -0.2) is 11.0 Å². The van der Waals surface area contributed by atoms with Crippen LogP contribution in [0.25, 0.3) is 0 Å². The fraction of sp³-hybridized carbons (Fsp3) is 0.500. The highest BCUT2D eigenvalue weighted by atomic mass is 16.6. The van der Waals surface area contributed by atoms with E-state index in [0.29, 0.717) is 12.3 Å². The monoisotopic (exact) mass is 253 g/mol. The van der Waals surface area contributed by atoms with E-state index in [2.05, 4.69) is 12.3 Å². The molecule has 0 heterocycles. The first-order valence-electron chi connectivity index (χ1n) is 5.94. The van der Waals surface area contributed by atoms with E-state index in [1.54, 1.807) is 12.1 Å². The summed E-state index contributed by atoms with van der Waals surface area (Å²) in [5, 5.41) is 10.8. The van der Waals surface area contributed by atoms with E-state index in [-0.39, 0.29) is 11.8 Å². The van der Waals surface area contributed by atoms with E-state index in [4.69, 9.17) is 10.6 Å². The maximum Gasteiger partial charge on any atom is 0.294 e. The van der Waals surface area contributed by atoms with Crippen molar-refractivity contribution >= 4 is 11.4 Å². The third kappa shape index (κ3) is 3.97. The maximum absolute atomic E-state index is 10.8. The molecule has 1 atom stereocenters.